The average Bonchev–Trinajstić information content (AvgIpc) is 2.51. The van der Waals surface area contributed by atoms with Crippen molar-refractivity contribution >= 4 is 17.2 Å². The number of aryl methyl sites for hydroxylation is 3. The van der Waals surface area contributed by atoms with Gasteiger partial charge in [0, 0.05) is 13.2 Å². The molecule has 0 saturated carbocycles. The molecule has 0 aliphatic carbocycles. The molecule has 84 valence electrons. The number of nitrogens with one attached hydrogen (secondary N) is 1. The van der Waals surface area contributed by atoms with Gasteiger partial charge >= 0.3 is 0 Å². The van der Waals surface area contributed by atoms with Crippen LogP contribution in [-0.2, 0) is 7.05 Å². The maximum absolute atomic E-state index is 5.71. The van der Waals surface area contributed by atoms with Gasteiger partial charge in [0.1, 0.15) is 5.82 Å². The molecule has 0 amide bonds. The molecule has 0 aliphatic heterocycles. The summed E-state index contributed by atoms with van der Waals surface area (Å²) in [6.45, 7) is 3.84. The minimum absolute atomic E-state index is 0.702. The van der Waals surface area contributed by atoms with E-state index in [4.69, 9.17) is 5.73 Å². The van der Waals surface area contributed by atoms with Gasteiger partial charge in [0.05, 0.1) is 22.8 Å². The highest BCUT2D eigenvalue weighted by Gasteiger charge is 2.04. The predicted octanol–water partition coefficient (Wildman–Crippen LogP) is 1.76. The second-order valence-electron chi connectivity index (χ2n) is 3.80. The Morgan fingerprint density at radius 1 is 1.25 bits per heavy atom. The van der Waals surface area contributed by atoms with E-state index >= 15 is 0 Å². The molecular weight excluding hydrogens is 202 g/mol. The van der Waals surface area contributed by atoms with Crippen molar-refractivity contribution in [1.82, 2.24) is 14.8 Å². The summed E-state index contributed by atoms with van der Waals surface area (Å²) in [4.78, 5) is 4.35. The maximum atomic E-state index is 5.71. The quantitative estimate of drug-likeness (QED) is 0.804. The molecule has 2 heterocycles. The van der Waals surface area contributed by atoms with Crippen LogP contribution in [0.1, 0.15) is 11.4 Å². The Bertz CT molecular complexity index is 515. The second kappa shape index (κ2) is 3.84. The highest BCUT2D eigenvalue weighted by molar-refractivity contribution is 5.59. The van der Waals surface area contributed by atoms with E-state index in [0.717, 1.165) is 22.9 Å². The van der Waals surface area contributed by atoms with E-state index in [-0.39, 0.29) is 0 Å². The Balaban J connectivity index is 2.27. The van der Waals surface area contributed by atoms with Crippen molar-refractivity contribution in [3.05, 3.63) is 29.7 Å². The van der Waals surface area contributed by atoms with E-state index in [0.29, 0.717) is 5.69 Å². The minimum Gasteiger partial charge on any atom is -0.397 e. The Hall–Kier alpha value is -2.04. The van der Waals surface area contributed by atoms with Gasteiger partial charge in [-0.3, -0.25) is 4.68 Å². The number of rotatable bonds is 2. The van der Waals surface area contributed by atoms with Gasteiger partial charge in [-0.05, 0) is 26.0 Å². The summed E-state index contributed by atoms with van der Waals surface area (Å²) < 4.78 is 1.77. The van der Waals surface area contributed by atoms with Crippen molar-refractivity contribution < 1.29 is 0 Å². The minimum atomic E-state index is 0.702. The van der Waals surface area contributed by atoms with Gasteiger partial charge in [-0.25, -0.2) is 4.98 Å². The van der Waals surface area contributed by atoms with Crippen LogP contribution in [-0.4, -0.2) is 14.8 Å². The molecule has 2 aromatic rings. The van der Waals surface area contributed by atoms with Crippen LogP contribution in [0.5, 0.6) is 0 Å². The lowest BCUT2D eigenvalue weighted by Crippen LogP contribution is -1.98. The molecule has 0 saturated heterocycles. The summed E-state index contributed by atoms with van der Waals surface area (Å²) in [6, 6.07) is 3.70. The number of nitrogens with zero attached hydrogens (tertiary/aromatic N) is 3. The van der Waals surface area contributed by atoms with Crippen LogP contribution in [0.15, 0.2) is 18.3 Å². The van der Waals surface area contributed by atoms with Crippen LogP contribution in [0.3, 0.4) is 0 Å². The zero-order chi connectivity index (χ0) is 11.7. The molecular formula is C11H15N5. The maximum Gasteiger partial charge on any atom is 0.130 e. The van der Waals surface area contributed by atoms with Crippen molar-refractivity contribution in [2.45, 2.75) is 13.8 Å². The third-order valence-corrected chi connectivity index (χ3v) is 2.40. The summed E-state index contributed by atoms with van der Waals surface area (Å²) in [6.07, 6.45) is 1.92. The van der Waals surface area contributed by atoms with Crippen LogP contribution in [0.4, 0.5) is 17.2 Å². The molecule has 3 N–H and O–H groups in total. The fraction of sp³-hybridized carbons (Fsp3) is 0.273. The Morgan fingerprint density at radius 2 is 2.00 bits per heavy atom. The molecule has 0 radical (unpaired) electrons. The normalized spacial score (nSPS) is 10.4. The first-order valence-electron chi connectivity index (χ1n) is 5.06. The van der Waals surface area contributed by atoms with Crippen LogP contribution in [0.25, 0.3) is 0 Å². The Labute approximate surface area is 94.3 Å². The molecule has 0 aliphatic rings. The molecule has 0 bridgehead atoms. The SMILES string of the molecule is Cc1nc(Nc2cn(C)nc2C)ccc1N. The molecule has 5 nitrogen and oxygen atoms in total. The second-order valence-corrected chi connectivity index (χ2v) is 3.80. The predicted molar refractivity (Wildman–Crippen MR) is 64.6 cm³/mol. The summed E-state index contributed by atoms with van der Waals surface area (Å²) in [5.74, 6) is 0.780. The number of pyridine rings is 1. The molecule has 0 fully saturated rings. The smallest absolute Gasteiger partial charge is 0.130 e. The first-order chi connectivity index (χ1) is 7.56. The number of hydrogen-bond acceptors (Lipinski definition) is 4. The van der Waals surface area contributed by atoms with Gasteiger partial charge in [0.2, 0.25) is 0 Å². The molecule has 5 heteroatoms. The van der Waals surface area contributed by atoms with Gasteiger partial charge in [-0.2, -0.15) is 5.10 Å². The number of aromatic nitrogens is 3. The van der Waals surface area contributed by atoms with Crippen molar-refractivity contribution in [2.24, 2.45) is 7.05 Å². The monoisotopic (exact) mass is 217 g/mol. The fourth-order valence-electron chi connectivity index (χ4n) is 1.50. The summed E-state index contributed by atoms with van der Waals surface area (Å²) >= 11 is 0. The van der Waals surface area contributed by atoms with Gasteiger partial charge in [-0.1, -0.05) is 0 Å². The molecule has 2 rings (SSSR count). The van der Waals surface area contributed by atoms with Crippen LogP contribution >= 0.6 is 0 Å². The van der Waals surface area contributed by atoms with E-state index in [2.05, 4.69) is 15.4 Å². The van der Waals surface area contributed by atoms with Gasteiger partial charge < -0.3 is 11.1 Å². The lowest BCUT2D eigenvalue weighted by Gasteiger charge is -2.06. The molecule has 0 aromatic carbocycles. The van der Waals surface area contributed by atoms with E-state index in [1.54, 1.807) is 4.68 Å². The molecule has 0 unspecified atom stereocenters. The van der Waals surface area contributed by atoms with Crippen LogP contribution < -0.4 is 11.1 Å². The number of nitrogens with two attached hydrogens (primary N) is 1. The Kier molecular flexibility index (Phi) is 2.52. The van der Waals surface area contributed by atoms with Gasteiger partial charge in [0.25, 0.3) is 0 Å². The third kappa shape index (κ3) is 1.98. The summed E-state index contributed by atoms with van der Waals surface area (Å²) in [7, 11) is 1.89. The van der Waals surface area contributed by atoms with Gasteiger partial charge in [0.15, 0.2) is 0 Å². The topological polar surface area (TPSA) is 68.8 Å². The van der Waals surface area contributed by atoms with E-state index < -0.39 is 0 Å². The number of nitrogen functional groups attached to an aromatic ring is 1. The van der Waals surface area contributed by atoms with Gasteiger partial charge in [-0.15, -0.1) is 0 Å². The molecule has 2 aromatic heterocycles. The first kappa shape index (κ1) is 10.5. The summed E-state index contributed by atoms with van der Waals surface area (Å²) in [5, 5.41) is 7.46. The lowest BCUT2D eigenvalue weighted by molar-refractivity contribution is 0.756. The van der Waals surface area contributed by atoms with Crippen molar-refractivity contribution in [3.63, 3.8) is 0 Å². The van der Waals surface area contributed by atoms with E-state index in [1.807, 2.05) is 39.2 Å². The molecule has 16 heavy (non-hydrogen) atoms. The zero-order valence-corrected chi connectivity index (χ0v) is 9.65. The first-order valence-corrected chi connectivity index (χ1v) is 5.06. The lowest BCUT2D eigenvalue weighted by atomic mass is 10.3. The number of anilines is 3. The molecule has 0 spiro atoms. The van der Waals surface area contributed by atoms with Crippen molar-refractivity contribution in [3.8, 4) is 0 Å². The molecule has 0 atom stereocenters. The van der Waals surface area contributed by atoms with E-state index in [1.165, 1.54) is 0 Å². The van der Waals surface area contributed by atoms with Crippen molar-refractivity contribution in [2.75, 3.05) is 11.1 Å². The largest absolute Gasteiger partial charge is 0.397 e. The highest BCUT2D eigenvalue weighted by atomic mass is 15.3. The average molecular weight is 217 g/mol. The highest BCUT2D eigenvalue weighted by Crippen LogP contribution is 2.19. The van der Waals surface area contributed by atoms with E-state index in [9.17, 15) is 0 Å². The summed E-state index contributed by atoms with van der Waals surface area (Å²) in [5.41, 5.74) is 9.14. The van der Waals surface area contributed by atoms with Crippen LogP contribution in [0.2, 0.25) is 0 Å². The zero-order valence-electron chi connectivity index (χ0n) is 9.65. The fourth-order valence-corrected chi connectivity index (χ4v) is 1.50. The third-order valence-electron chi connectivity index (χ3n) is 2.40. The van der Waals surface area contributed by atoms with Crippen molar-refractivity contribution in [1.29, 1.82) is 0 Å². The standard InChI is InChI=1S/C11H15N5/c1-7-9(12)4-5-11(13-7)14-10-6-16(3)15-8(10)2/h4-6H,12H2,1-3H3,(H,13,14). The number of hydrogen-bond donors (Lipinski definition) is 2. The Morgan fingerprint density at radius 3 is 2.56 bits per heavy atom. The van der Waals surface area contributed by atoms with Crippen LogP contribution in [0, 0.1) is 13.8 Å².